The van der Waals surface area contributed by atoms with Crippen molar-refractivity contribution in [2.24, 2.45) is 0 Å². The highest BCUT2D eigenvalue weighted by molar-refractivity contribution is 7.79. The minimum atomic E-state index is -1.85. The van der Waals surface area contributed by atoms with Gasteiger partial charge in [-0.15, -0.1) is 0 Å². The van der Waals surface area contributed by atoms with E-state index in [0.717, 1.165) is 12.8 Å². The van der Waals surface area contributed by atoms with Crippen LogP contribution in [0, 0.1) is 0 Å². The van der Waals surface area contributed by atoms with Gasteiger partial charge in [-0.3, -0.25) is 0 Å². The Morgan fingerprint density at radius 3 is 2.07 bits per heavy atom. The maximum Gasteiger partial charge on any atom is 0.186 e. The molecular weight excluding hydrogens is 196 g/mol. The van der Waals surface area contributed by atoms with Crippen LogP contribution in [-0.2, 0) is 11.1 Å². The Morgan fingerprint density at radius 2 is 1.71 bits per heavy atom. The standard InChI is InChI=1S/C11H16O2S/c1-3-9(4-2)10-5-7-11(8-6-10)14(12)13/h5-9H,3-4H2,1-2H3,(H,12,13). The Balaban J connectivity index is 2.87. The van der Waals surface area contributed by atoms with Crippen LogP contribution in [-0.4, -0.2) is 8.76 Å². The van der Waals surface area contributed by atoms with Gasteiger partial charge in [-0.2, -0.15) is 0 Å². The van der Waals surface area contributed by atoms with Crippen molar-refractivity contribution < 1.29 is 8.76 Å². The molecule has 1 aromatic carbocycles. The first-order chi connectivity index (χ1) is 6.69. The first kappa shape index (κ1) is 11.4. The molecule has 3 heteroatoms. The Morgan fingerprint density at radius 1 is 1.21 bits per heavy atom. The van der Waals surface area contributed by atoms with Crippen LogP contribution in [0.5, 0.6) is 0 Å². The lowest BCUT2D eigenvalue weighted by atomic mass is 9.94. The third kappa shape index (κ3) is 2.66. The van der Waals surface area contributed by atoms with E-state index in [1.807, 2.05) is 12.1 Å². The zero-order valence-corrected chi connectivity index (χ0v) is 9.38. The van der Waals surface area contributed by atoms with Gasteiger partial charge in [0.15, 0.2) is 11.1 Å². The van der Waals surface area contributed by atoms with Crippen molar-refractivity contribution >= 4 is 11.1 Å². The van der Waals surface area contributed by atoms with Gasteiger partial charge in [-0.1, -0.05) is 26.0 Å². The van der Waals surface area contributed by atoms with E-state index in [1.54, 1.807) is 12.1 Å². The molecule has 0 aromatic heterocycles. The quantitative estimate of drug-likeness (QED) is 0.778. The van der Waals surface area contributed by atoms with E-state index in [0.29, 0.717) is 10.8 Å². The summed E-state index contributed by atoms with van der Waals surface area (Å²) in [7, 11) is 0. The third-order valence-corrected chi connectivity index (χ3v) is 3.21. The first-order valence-electron chi connectivity index (χ1n) is 4.89. The molecule has 1 aromatic rings. The molecule has 1 unspecified atom stereocenters. The summed E-state index contributed by atoms with van der Waals surface area (Å²) >= 11 is -1.85. The van der Waals surface area contributed by atoms with Crippen LogP contribution in [0.25, 0.3) is 0 Å². The second-order valence-corrected chi connectivity index (χ2v) is 4.30. The number of hydrogen-bond donors (Lipinski definition) is 1. The Bertz CT molecular complexity index is 302. The van der Waals surface area contributed by atoms with Crippen molar-refractivity contribution in [2.45, 2.75) is 37.5 Å². The number of rotatable bonds is 4. The molecule has 0 aliphatic carbocycles. The lowest BCUT2D eigenvalue weighted by Gasteiger charge is -2.12. The van der Waals surface area contributed by atoms with Gasteiger partial charge in [0.25, 0.3) is 0 Å². The Kier molecular flexibility index (Phi) is 4.29. The van der Waals surface area contributed by atoms with Gasteiger partial charge >= 0.3 is 0 Å². The fraction of sp³-hybridized carbons (Fsp3) is 0.455. The highest BCUT2D eigenvalue weighted by atomic mass is 32.2. The van der Waals surface area contributed by atoms with Gasteiger partial charge in [0.1, 0.15) is 0 Å². The van der Waals surface area contributed by atoms with Crippen LogP contribution in [0.15, 0.2) is 29.2 Å². The molecule has 1 atom stereocenters. The molecule has 14 heavy (non-hydrogen) atoms. The van der Waals surface area contributed by atoms with E-state index in [2.05, 4.69) is 13.8 Å². The third-order valence-electron chi connectivity index (χ3n) is 2.54. The van der Waals surface area contributed by atoms with Gasteiger partial charge in [-0.25, -0.2) is 4.21 Å². The second-order valence-electron chi connectivity index (χ2n) is 3.33. The van der Waals surface area contributed by atoms with Crippen LogP contribution in [0.3, 0.4) is 0 Å². The summed E-state index contributed by atoms with van der Waals surface area (Å²) in [4.78, 5) is 0.472. The summed E-state index contributed by atoms with van der Waals surface area (Å²) in [5.41, 5.74) is 1.25. The van der Waals surface area contributed by atoms with Crippen LogP contribution in [0.2, 0.25) is 0 Å². The molecular formula is C11H16O2S. The van der Waals surface area contributed by atoms with Crippen LogP contribution in [0.4, 0.5) is 0 Å². The molecule has 2 nitrogen and oxygen atoms in total. The maximum absolute atomic E-state index is 10.7. The molecule has 0 fully saturated rings. The van der Waals surface area contributed by atoms with Gasteiger partial charge < -0.3 is 4.55 Å². The fourth-order valence-electron chi connectivity index (χ4n) is 1.62. The van der Waals surface area contributed by atoms with Gasteiger partial charge in [0.05, 0.1) is 4.90 Å². The van der Waals surface area contributed by atoms with E-state index in [9.17, 15) is 4.21 Å². The summed E-state index contributed by atoms with van der Waals surface area (Å²) < 4.78 is 19.6. The van der Waals surface area contributed by atoms with Crippen molar-refractivity contribution in [2.75, 3.05) is 0 Å². The summed E-state index contributed by atoms with van der Waals surface area (Å²) in [6, 6.07) is 7.34. The SMILES string of the molecule is CCC(CC)c1ccc(S(=O)O)cc1. The average molecular weight is 212 g/mol. The molecule has 0 spiro atoms. The first-order valence-corrected chi connectivity index (χ1v) is 6.00. The predicted molar refractivity (Wildman–Crippen MR) is 58.8 cm³/mol. The molecule has 0 radical (unpaired) electrons. The van der Waals surface area contributed by atoms with Crippen molar-refractivity contribution in [3.8, 4) is 0 Å². The molecule has 0 heterocycles. The molecule has 0 saturated carbocycles. The Hall–Kier alpha value is -0.670. The van der Waals surface area contributed by atoms with Gasteiger partial charge in [-0.05, 0) is 36.5 Å². The zero-order chi connectivity index (χ0) is 10.6. The highest BCUT2D eigenvalue weighted by Gasteiger charge is 2.07. The average Bonchev–Trinajstić information content (AvgIpc) is 2.20. The Labute approximate surface area is 87.6 Å². The summed E-state index contributed by atoms with van der Waals surface area (Å²) in [6.45, 7) is 4.32. The lowest BCUT2D eigenvalue weighted by Crippen LogP contribution is -1.96. The molecule has 1 rings (SSSR count). The molecule has 0 amide bonds. The van der Waals surface area contributed by atoms with Crippen molar-refractivity contribution in [3.63, 3.8) is 0 Å². The van der Waals surface area contributed by atoms with Gasteiger partial charge in [0, 0.05) is 0 Å². The smallest absolute Gasteiger partial charge is 0.186 e. The van der Waals surface area contributed by atoms with Crippen molar-refractivity contribution in [1.82, 2.24) is 0 Å². The lowest BCUT2D eigenvalue weighted by molar-refractivity contribution is 0.564. The molecule has 0 aliphatic heterocycles. The number of hydrogen-bond acceptors (Lipinski definition) is 1. The van der Waals surface area contributed by atoms with Crippen molar-refractivity contribution in [1.29, 1.82) is 0 Å². The fourth-order valence-corrected chi connectivity index (χ4v) is 1.99. The van der Waals surface area contributed by atoms with Crippen molar-refractivity contribution in [3.05, 3.63) is 29.8 Å². The van der Waals surface area contributed by atoms with Crippen LogP contribution < -0.4 is 0 Å². The van der Waals surface area contributed by atoms with Crippen LogP contribution in [0.1, 0.15) is 38.2 Å². The normalized spacial score (nSPS) is 13.1. The zero-order valence-electron chi connectivity index (χ0n) is 8.56. The minimum absolute atomic E-state index is 0.472. The monoisotopic (exact) mass is 212 g/mol. The predicted octanol–water partition coefficient (Wildman–Crippen LogP) is 3.17. The van der Waals surface area contributed by atoms with E-state index in [4.69, 9.17) is 4.55 Å². The molecule has 78 valence electrons. The summed E-state index contributed by atoms with van der Waals surface area (Å²) in [6.07, 6.45) is 2.22. The number of benzene rings is 1. The largest absolute Gasteiger partial charge is 0.302 e. The van der Waals surface area contributed by atoms with Crippen LogP contribution >= 0.6 is 0 Å². The van der Waals surface area contributed by atoms with E-state index in [1.165, 1.54) is 5.56 Å². The van der Waals surface area contributed by atoms with Gasteiger partial charge in [0.2, 0.25) is 0 Å². The van der Waals surface area contributed by atoms with E-state index < -0.39 is 11.1 Å². The summed E-state index contributed by atoms with van der Waals surface area (Å²) in [5, 5.41) is 0. The topological polar surface area (TPSA) is 37.3 Å². The van der Waals surface area contributed by atoms with E-state index >= 15 is 0 Å². The minimum Gasteiger partial charge on any atom is -0.302 e. The summed E-state index contributed by atoms with van der Waals surface area (Å²) in [5.74, 6) is 0.566. The molecule has 0 aliphatic rings. The maximum atomic E-state index is 10.7. The molecule has 0 bridgehead atoms. The van der Waals surface area contributed by atoms with E-state index in [-0.39, 0.29) is 0 Å². The highest BCUT2D eigenvalue weighted by Crippen LogP contribution is 2.23. The molecule has 1 N–H and O–H groups in total. The second kappa shape index (κ2) is 5.27. The molecule has 0 saturated heterocycles.